The molecular formula is C64H60N7OPt-3. The zero-order valence-electron chi connectivity index (χ0n) is 52.5. The van der Waals surface area contributed by atoms with Crippen molar-refractivity contribution in [2.24, 2.45) is 0 Å². The molecule has 9 heteroatoms. The normalized spacial score (nSPS) is 14.6. The molecule has 0 fully saturated rings. The van der Waals surface area contributed by atoms with Crippen LogP contribution >= 0.6 is 0 Å². The number of nitrogens with zero attached hydrogens (tertiary/aromatic N) is 7. The maximum absolute atomic E-state index is 9.19. The molecule has 370 valence electrons. The maximum atomic E-state index is 9.19. The molecule has 1 aliphatic rings. The second kappa shape index (κ2) is 19.5. The number of anilines is 4. The van der Waals surface area contributed by atoms with Gasteiger partial charge in [0, 0.05) is 66.2 Å². The molecule has 10 aromatic rings. The number of ether oxygens (including phenoxy) is 1. The van der Waals surface area contributed by atoms with Crippen molar-refractivity contribution in [1.29, 1.82) is 0 Å². The van der Waals surface area contributed by atoms with Gasteiger partial charge in [-0.25, -0.2) is 19.9 Å². The molecule has 7 aromatic carbocycles. The number of pyridine rings is 1. The van der Waals surface area contributed by atoms with Crippen molar-refractivity contribution in [3.05, 3.63) is 207 Å². The van der Waals surface area contributed by atoms with E-state index in [0.29, 0.717) is 62.9 Å². The van der Waals surface area contributed by atoms with E-state index in [4.69, 9.17) is 32.9 Å². The van der Waals surface area contributed by atoms with Crippen LogP contribution in [0.15, 0.2) is 170 Å². The molecule has 0 saturated carbocycles. The molecule has 8 nitrogen and oxygen atoms in total. The van der Waals surface area contributed by atoms with Gasteiger partial charge in [-0.05, 0) is 57.8 Å². The van der Waals surface area contributed by atoms with E-state index in [2.05, 4.69) is 97.2 Å². The third kappa shape index (κ3) is 9.57. The third-order valence-corrected chi connectivity index (χ3v) is 12.6. The molecule has 3 aromatic heterocycles. The number of para-hydroxylation sites is 4. The number of fused-ring (bicyclic) bond motifs is 4. The van der Waals surface area contributed by atoms with E-state index >= 15 is 0 Å². The van der Waals surface area contributed by atoms with Crippen LogP contribution in [-0.4, -0.2) is 31.2 Å². The van der Waals surface area contributed by atoms with Gasteiger partial charge in [-0.15, -0.1) is 41.3 Å². The summed E-state index contributed by atoms with van der Waals surface area (Å²) < 4.78 is 97.8. The first-order chi connectivity index (χ1) is 38.2. The molecule has 0 N–H and O–H groups in total. The fourth-order valence-electron chi connectivity index (χ4n) is 8.95. The quantitative estimate of drug-likeness (QED) is 0.140. The molecule has 0 spiro atoms. The summed E-state index contributed by atoms with van der Waals surface area (Å²) in [7, 11) is 0. The summed E-state index contributed by atoms with van der Waals surface area (Å²) in [6.45, 7) is 18.8. The molecule has 0 amide bonds. The minimum absolute atomic E-state index is 0. The van der Waals surface area contributed by atoms with Crippen molar-refractivity contribution >= 4 is 44.6 Å². The number of aromatic nitrogens is 5. The predicted octanol–water partition coefficient (Wildman–Crippen LogP) is 16.3. The number of hydrogen-bond acceptors (Lipinski definition) is 7. The van der Waals surface area contributed by atoms with Crippen LogP contribution in [0, 0.1) is 19.6 Å². The Hall–Kier alpha value is -7.41. The Kier molecular flexibility index (Phi) is 10.5. The van der Waals surface area contributed by atoms with Crippen LogP contribution in [0.4, 0.5) is 22.7 Å². The van der Waals surface area contributed by atoms with Crippen LogP contribution in [-0.2, 0) is 37.3 Å². The fraction of sp³-hybridized carbons (Fsp3) is 0.203. The number of benzene rings is 7. The van der Waals surface area contributed by atoms with Crippen LogP contribution in [0.3, 0.4) is 0 Å². The SMILES string of the molecule is [2H]c1c([2H])c([2H])c(-c2cccc(-c3c([2H])c([2H])c([2H])c([2H])c3[2H])c2N2CN(c3[c-]c(Oc4[c-]c5c(cc4-c4nc(C(C)(C)C)nc(C(C)(C)C)n4)c4ccccc4n5-c4ccccn4)cc(C(C)(C)C)c3)c3ccccc32)c([2H])c1[2H].[CH3-].[Pt]. The van der Waals surface area contributed by atoms with E-state index in [0.717, 1.165) is 21.9 Å². The first-order valence-corrected chi connectivity index (χ1v) is 23.6. The van der Waals surface area contributed by atoms with Gasteiger partial charge < -0.3 is 26.5 Å². The minimum Gasteiger partial charge on any atom is -0.508 e. The van der Waals surface area contributed by atoms with E-state index in [1.165, 1.54) is 0 Å². The Balaban J connectivity index is 0.00000414. The Labute approximate surface area is 459 Å². The molecule has 0 unspecified atom stereocenters. The van der Waals surface area contributed by atoms with Crippen molar-refractivity contribution in [3.63, 3.8) is 0 Å². The molecule has 0 atom stereocenters. The Morgan fingerprint density at radius 1 is 0.575 bits per heavy atom. The Morgan fingerprint density at radius 3 is 1.75 bits per heavy atom. The van der Waals surface area contributed by atoms with Gasteiger partial charge >= 0.3 is 0 Å². The molecular weight excluding hydrogens is 1080 g/mol. The van der Waals surface area contributed by atoms with Gasteiger partial charge in [-0.1, -0.05) is 189 Å². The van der Waals surface area contributed by atoms with E-state index in [1.807, 2.05) is 76.5 Å². The Morgan fingerprint density at radius 2 is 1.16 bits per heavy atom. The van der Waals surface area contributed by atoms with Gasteiger partial charge in [0.15, 0.2) is 0 Å². The molecule has 73 heavy (non-hydrogen) atoms. The second-order valence-electron chi connectivity index (χ2n) is 20.8. The summed E-state index contributed by atoms with van der Waals surface area (Å²) in [5.41, 5.74) is 4.00. The smallest absolute Gasteiger partial charge is 0.137 e. The minimum atomic E-state index is -0.570. The molecule has 1 aliphatic heterocycles. The van der Waals surface area contributed by atoms with Gasteiger partial charge in [0.1, 0.15) is 23.3 Å². The van der Waals surface area contributed by atoms with Crippen molar-refractivity contribution < 1.29 is 39.5 Å². The maximum Gasteiger partial charge on any atom is 0.137 e. The third-order valence-electron chi connectivity index (χ3n) is 12.6. The van der Waals surface area contributed by atoms with Gasteiger partial charge in [-0.2, -0.15) is 0 Å². The first-order valence-electron chi connectivity index (χ1n) is 28.6. The molecule has 0 saturated heterocycles. The first kappa shape index (κ1) is 39.2. The van der Waals surface area contributed by atoms with E-state index in [-0.39, 0.29) is 63.1 Å². The topological polar surface area (TPSA) is 72.2 Å². The van der Waals surface area contributed by atoms with Crippen LogP contribution in [0.1, 0.15) is 93.2 Å². The van der Waals surface area contributed by atoms with Gasteiger partial charge in [0.25, 0.3) is 0 Å². The van der Waals surface area contributed by atoms with Crippen LogP contribution in [0.2, 0.25) is 0 Å². The summed E-state index contributed by atoms with van der Waals surface area (Å²) >= 11 is 0. The largest absolute Gasteiger partial charge is 0.508 e. The summed E-state index contributed by atoms with van der Waals surface area (Å²) in [5.74, 6) is 2.98. The summed E-state index contributed by atoms with van der Waals surface area (Å²) in [6, 6.07) is 34.5. The van der Waals surface area contributed by atoms with Gasteiger partial charge in [0.2, 0.25) is 0 Å². The predicted molar refractivity (Wildman–Crippen MR) is 297 cm³/mol. The molecule has 11 rings (SSSR count). The average molecular weight is 1150 g/mol. The Bertz CT molecular complexity index is 4050. The second-order valence-corrected chi connectivity index (χ2v) is 20.8. The standard InChI is InChI=1S/C63H57N7O.CH3.Pt/c1-61(2,3)43-35-44(68-40-69(53-32-19-18-31-52(53)68)57-46(41-23-12-10-13-24-41)28-22-29-47(57)42-25-14-11-15-26-42)37-45(36-43)71-55-39-54-49(48-27-16-17-30-51(48)70(54)56-33-20-21-34-64-56)38-50(55)58-65-59(62(4,5)6)67-60(66-58)63(7,8)9;;/h10-36,38H,40H2,1-9H3;1H3;/q-2;-1;/i10D,11D,12D,13D,14D,15D,23D,24D,25D,26D;;. The van der Waals surface area contributed by atoms with Crippen LogP contribution < -0.4 is 14.5 Å². The van der Waals surface area contributed by atoms with Crippen molar-refractivity contribution in [2.45, 2.75) is 78.6 Å². The number of hydrogen-bond donors (Lipinski definition) is 0. The molecule has 0 aliphatic carbocycles. The number of rotatable bonds is 8. The fourth-order valence-corrected chi connectivity index (χ4v) is 8.95. The summed E-state index contributed by atoms with van der Waals surface area (Å²) in [6.07, 6.45) is 1.76. The van der Waals surface area contributed by atoms with Crippen LogP contribution in [0.5, 0.6) is 11.5 Å². The van der Waals surface area contributed by atoms with Crippen molar-refractivity contribution in [3.8, 4) is 51.0 Å². The van der Waals surface area contributed by atoms with Crippen LogP contribution in [0.25, 0.3) is 61.3 Å². The monoisotopic (exact) mass is 1150 g/mol. The van der Waals surface area contributed by atoms with E-state index < -0.39 is 76.7 Å². The van der Waals surface area contributed by atoms with Gasteiger partial charge in [-0.3, -0.25) is 0 Å². The summed E-state index contributed by atoms with van der Waals surface area (Å²) in [5, 5.41) is 1.84. The zero-order valence-corrected chi connectivity index (χ0v) is 44.7. The van der Waals surface area contributed by atoms with Crippen molar-refractivity contribution in [2.75, 3.05) is 16.5 Å². The molecule has 0 bridgehead atoms. The van der Waals surface area contributed by atoms with Crippen molar-refractivity contribution in [1.82, 2.24) is 24.5 Å². The van der Waals surface area contributed by atoms with E-state index in [9.17, 15) is 5.48 Å². The molecule has 4 heterocycles. The zero-order chi connectivity index (χ0) is 57.9. The van der Waals surface area contributed by atoms with E-state index in [1.54, 1.807) is 24.4 Å². The summed E-state index contributed by atoms with van der Waals surface area (Å²) in [4.78, 5) is 24.1. The average Bonchev–Trinajstić information content (AvgIpc) is 3.50. The molecule has 0 radical (unpaired) electrons. The van der Waals surface area contributed by atoms with Gasteiger partial charge in [0.05, 0.1) is 37.4 Å².